The lowest BCUT2D eigenvalue weighted by Gasteiger charge is -2.31. The number of ether oxygens (including phenoxy) is 2. The van der Waals surface area contributed by atoms with Gasteiger partial charge in [0.05, 0.1) is 11.6 Å². The van der Waals surface area contributed by atoms with Gasteiger partial charge in [0.25, 0.3) is 5.91 Å². The van der Waals surface area contributed by atoms with Gasteiger partial charge in [-0.1, -0.05) is 35.9 Å². The van der Waals surface area contributed by atoms with Crippen molar-refractivity contribution in [3.05, 3.63) is 70.2 Å². The summed E-state index contributed by atoms with van der Waals surface area (Å²) in [6, 6.07) is 16.8. The van der Waals surface area contributed by atoms with E-state index in [-0.39, 0.29) is 17.9 Å². The molecule has 1 fully saturated rings. The quantitative estimate of drug-likeness (QED) is 0.574. The van der Waals surface area contributed by atoms with Crippen LogP contribution in [0.1, 0.15) is 56.2 Å². The number of nitrogens with one attached hydrogen (secondary N) is 1. The molecule has 0 aliphatic carbocycles. The van der Waals surface area contributed by atoms with E-state index >= 15 is 0 Å². The summed E-state index contributed by atoms with van der Waals surface area (Å²) >= 11 is 6.03. The Morgan fingerprint density at radius 2 is 2.00 bits per heavy atom. The Balaban J connectivity index is 1.77. The lowest BCUT2D eigenvalue weighted by atomic mass is 9.85. The van der Waals surface area contributed by atoms with Crippen molar-refractivity contribution in [1.29, 1.82) is 5.26 Å². The first kappa shape index (κ1) is 24.8. The fraction of sp³-hybridized carbons (Fsp3) is 0.423. The molecule has 2 aromatic rings. The number of esters is 1. The number of hydrogen-bond donors (Lipinski definition) is 1. The number of amides is 1. The third-order valence-corrected chi connectivity index (χ3v) is 6.12. The highest BCUT2D eigenvalue weighted by Gasteiger charge is 2.37. The first-order valence-corrected chi connectivity index (χ1v) is 11.5. The van der Waals surface area contributed by atoms with Crippen LogP contribution in [0.5, 0.6) is 0 Å². The Labute approximate surface area is 199 Å². The van der Waals surface area contributed by atoms with Crippen molar-refractivity contribution in [1.82, 2.24) is 5.32 Å². The smallest absolute Gasteiger partial charge is 0.336 e. The predicted octanol–water partition coefficient (Wildman–Crippen LogP) is 4.54. The SMILES string of the molecule is C[C@H](NC(=O)C(C)(C)OC(=O)[C@@H]1CCCO1)[C@@H](Cc1ccc(Cl)cc1)c1cccc(C#N)c1. The van der Waals surface area contributed by atoms with Crippen molar-refractivity contribution < 1.29 is 19.1 Å². The lowest BCUT2D eigenvalue weighted by molar-refractivity contribution is -0.173. The second kappa shape index (κ2) is 10.8. The molecule has 1 saturated heterocycles. The third-order valence-electron chi connectivity index (χ3n) is 5.87. The van der Waals surface area contributed by atoms with Gasteiger partial charge in [0.1, 0.15) is 0 Å². The molecule has 33 heavy (non-hydrogen) atoms. The van der Waals surface area contributed by atoms with Crippen molar-refractivity contribution in [3.63, 3.8) is 0 Å². The lowest BCUT2D eigenvalue weighted by Crippen LogP contribution is -2.51. The molecule has 7 heteroatoms. The maximum absolute atomic E-state index is 13.1. The van der Waals surface area contributed by atoms with Gasteiger partial charge in [0.2, 0.25) is 0 Å². The van der Waals surface area contributed by atoms with E-state index in [0.717, 1.165) is 17.5 Å². The number of nitrogens with zero attached hydrogens (tertiary/aromatic N) is 1. The number of carbonyl (C=O) groups excluding carboxylic acids is 2. The van der Waals surface area contributed by atoms with Crippen molar-refractivity contribution in [2.45, 2.75) is 63.7 Å². The van der Waals surface area contributed by atoms with Gasteiger partial charge in [-0.05, 0) is 75.4 Å². The molecule has 1 aliphatic rings. The van der Waals surface area contributed by atoms with Crippen LogP contribution in [0, 0.1) is 11.3 Å². The number of hydrogen-bond acceptors (Lipinski definition) is 5. The van der Waals surface area contributed by atoms with E-state index < -0.39 is 17.7 Å². The first-order valence-electron chi connectivity index (χ1n) is 11.1. The molecule has 3 rings (SSSR count). The minimum Gasteiger partial charge on any atom is -0.448 e. The van der Waals surface area contributed by atoms with Crippen LogP contribution < -0.4 is 5.32 Å². The fourth-order valence-corrected chi connectivity index (χ4v) is 4.03. The summed E-state index contributed by atoms with van der Waals surface area (Å²) in [5.74, 6) is -1.02. The Kier molecular flexibility index (Phi) is 8.12. The van der Waals surface area contributed by atoms with Crippen molar-refractivity contribution >= 4 is 23.5 Å². The molecule has 1 amide bonds. The number of halogens is 1. The van der Waals surface area contributed by atoms with Crippen molar-refractivity contribution in [3.8, 4) is 6.07 Å². The van der Waals surface area contributed by atoms with E-state index in [4.69, 9.17) is 21.1 Å². The predicted molar refractivity (Wildman–Crippen MR) is 126 cm³/mol. The van der Waals surface area contributed by atoms with Crippen LogP contribution in [-0.2, 0) is 25.5 Å². The average molecular weight is 469 g/mol. The normalized spacial score (nSPS) is 17.6. The van der Waals surface area contributed by atoms with E-state index in [1.807, 2.05) is 49.4 Å². The zero-order valence-electron chi connectivity index (χ0n) is 19.1. The maximum Gasteiger partial charge on any atom is 0.336 e. The average Bonchev–Trinajstić information content (AvgIpc) is 3.33. The van der Waals surface area contributed by atoms with Gasteiger partial charge < -0.3 is 14.8 Å². The van der Waals surface area contributed by atoms with Gasteiger partial charge in [-0.2, -0.15) is 5.26 Å². The monoisotopic (exact) mass is 468 g/mol. The molecular weight excluding hydrogens is 440 g/mol. The maximum atomic E-state index is 13.1. The minimum absolute atomic E-state index is 0.118. The Bertz CT molecular complexity index is 1020. The third kappa shape index (κ3) is 6.56. The van der Waals surface area contributed by atoms with Crippen molar-refractivity contribution in [2.24, 2.45) is 0 Å². The summed E-state index contributed by atoms with van der Waals surface area (Å²) in [5, 5.41) is 13.0. The molecule has 1 N–H and O–H groups in total. The summed E-state index contributed by atoms with van der Waals surface area (Å²) < 4.78 is 10.9. The van der Waals surface area contributed by atoms with Crippen LogP contribution in [-0.4, -0.2) is 36.2 Å². The number of rotatable bonds is 8. The molecular formula is C26H29ClN2O4. The number of nitriles is 1. The van der Waals surface area contributed by atoms with E-state index in [1.54, 1.807) is 19.9 Å². The summed E-state index contributed by atoms with van der Waals surface area (Å²) in [6.45, 7) is 5.59. The van der Waals surface area contributed by atoms with Crippen molar-refractivity contribution in [2.75, 3.05) is 6.61 Å². The van der Waals surface area contributed by atoms with E-state index in [0.29, 0.717) is 30.0 Å². The van der Waals surface area contributed by atoms with Crippen LogP contribution in [0.15, 0.2) is 48.5 Å². The summed E-state index contributed by atoms with van der Waals surface area (Å²) in [7, 11) is 0. The minimum atomic E-state index is -1.35. The van der Waals surface area contributed by atoms with Gasteiger partial charge in [0.15, 0.2) is 11.7 Å². The van der Waals surface area contributed by atoms with E-state index in [2.05, 4.69) is 11.4 Å². The number of benzene rings is 2. The van der Waals surface area contributed by atoms with E-state index in [1.165, 1.54) is 0 Å². The topological polar surface area (TPSA) is 88.4 Å². The van der Waals surface area contributed by atoms with Crippen LogP contribution in [0.2, 0.25) is 5.02 Å². The molecule has 3 atom stereocenters. The summed E-state index contributed by atoms with van der Waals surface area (Å²) in [5.41, 5.74) is 1.19. The van der Waals surface area contributed by atoms with Crippen LogP contribution in [0.25, 0.3) is 0 Å². The molecule has 0 saturated carbocycles. The van der Waals surface area contributed by atoms with Crippen LogP contribution in [0.4, 0.5) is 0 Å². The zero-order chi connectivity index (χ0) is 24.0. The Hall–Kier alpha value is -2.88. The second-order valence-electron chi connectivity index (χ2n) is 8.87. The highest BCUT2D eigenvalue weighted by Crippen LogP contribution is 2.27. The number of carbonyl (C=O) groups is 2. The molecule has 0 radical (unpaired) electrons. The molecule has 2 aromatic carbocycles. The molecule has 0 bridgehead atoms. The Morgan fingerprint density at radius 3 is 2.64 bits per heavy atom. The zero-order valence-corrected chi connectivity index (χ0v) is 19.9. The molecule has 0 unspecified atom stereocenters. The van der Waals surface area contributed by atoms with Crippen LogP contribution >= 0.6 is 11.6 Å². The molecule has 0 aromatic heterocycles. The van der Waals surface area contributed by atoms with Gasteiger partial charge in [-0.25, -0.2) is 4.79 Å². The molecule has 1 aliphatic heterocycles. The highest BCUT2D eigenvalue weighted by molar-refractivity contribution is 6.30. The second-order valence-corrected chi connectivity index (χ2v) is 9.31. The van der Waals surface area contributed by atoms with Crippen LogP contribution in [0.3, 0.4) is 0 Å². The molecule has 0 spiro atoms. The van der Waals surface area contributed by atoms with Gasteiger partial charge >= 0.3 is 5.97 Å². The first-order chi connectivity index (χ1) is 15.7. The molecule has 1 heterocycles. The fourth-order valence-electron chi connectivity index (χ4n) is 3.90. The summed E-state index contributed by atoms with van der Waals surface area (Å²) in [6.07, 6.45) is 1.42. The molecule has 174 valence electrons. The standard InChI is InChI=1S/C26H29ClN2O4/c1-17(29-25(31)26(2,3)33-24(30)23-8-5-13-32-23)22(15-18-9-11-21(27)12-10-18)20-7-4-6-19(14-20)16-28/h4,6-7,9-12,14,17,22-23H,5,8,13,15H2,1-3H3,(H,29,31)/t17-,22+,23-/m0/s1. The highest BCUT2D eigenvalue weighted by atomic mass is 35.5. The Morgan fingerprint density at radius 1 is 1.27 bits per heavy atom. The van der Waals surface area contributed by atoms with Gasteiger partial charge in [-0.3, -0.25) is 4.79 Å². The van der Waals surface area contributed by atoms with Gasteiger partial charge in [-0.15, -0.1) is 0 Å². The van der Waals surface area contributed by atoms with Gasteiger partial charge in [0, 0.05) is 23.6 Å². The largest absolute Gasteiger partial charge is 0.448 e. The summed E-state index contributed by atoms with van der Waals surface area (Å²) in [4.78, 5) is 25.5. The molecule has 6 nitrogen and oxygen atoms in total. The van der Waals surface area contributed by atoms with E-state index in [9.17, 15) is 14.9 Å².